The van der Waals surface area contributed by atoms with Crippen molar-refractivity contribution >= 4 is 69.1 Å². The smallest absolute Gasteiger partial charge is 0.363 e. The van der Waals surface area contributed by atoms with E-state index in [-0.39, 0.29) is 17.3 Å². The number of carbonyl (C=O) groups excluding carboxylic acids is 2. The lowest BCUT2D eigenvalue weighted by molar-refractivity contribution is -0.132. The van der Waals surface area contributed by atoms with Crippen LogP contribution in [0, 0.1) is 0 Å². The van der Waals surface area contributed by atoms with Gasteiger partial charge in [0.1, 0.15) is 0 Å². The van der Waals surface area contributed by atoms with Gasteiger partial charge in [-0.25, -0.2) is 9.79 Å². The third kappa shape index (κ3) is 5.30. The van der Waals surface area contributed by atoms with Gasteiger partial charge in [-0.05, 0) is 63.5 Å². The average molecular weight is 511 g/mol. The molecule has 0 saturated heterocycles. The SMILES string of the molecule is COc1cc(C=C2N=C(C=Cc3ccc(Cl)cc3Cl)OC2=O)cc(Br)c1OC(C)=O. The van der Waals surface area contributed by atoms with E-state index in [2.05, 4.69) is 20.9 Å². The van der Waals surface area contributed by atoms with E-state index in [1.807, 2.05) is 0 Å². The Kier molecular flexibility index (Phi) is 6.97. The van der Waals surface area contributed by atoms with Gasteiger partial charge < -0.3 is 14.2 Å². The summed E-state index contributed by atoms with van der Waals surface area (Å²) >= 11 is 15.3. The molecule has 0 aliphatic carbocycles. The van der Waals surface area contributed by atoms with Crippen LogP contribution in [0.15, 0.2) is 51.6 Å². The second-order valence-electron chi connectivity index (χ2n) is 6.00. The fourth-order valence-electron chi connectivity index (χ4n) is 2.52. The Bertz CT molecular complexity index is 1120. The van der Waals surface area contributed by atoms with Gasteiger partial charge in [0.2, 0.25) is 5.90 Å². The van der Waals surface area contributed by atoms with Crippen LogP contribution in [0.1, 0.15) is 18.1 Å². The molecule has 0 aromatic heterocycles. The van der Waals surface area contributed by atoms with Crippen molar-refractivity contribution < 1.29 is 23.8 Å². The fourth-order valence-corrected chi connectivity index (χ4v) is 3.53. The zero-order valence-corrected chi connectivity index (χ0v) is 18.8. The summed E-state index contributed by atoms with van der Waals surface area (Å²) in [6.07, 6.45) is 4.73. The number of aliphatic imine (C=N–C) groups is 1. The molecule has 0 atom stereocenters. The van der Waals surface area contributed by atoms with Crippen molar-refractivity contribution in [3.8, 4) is 11.5 Å². The summed E-state index contributed by atoms with van der Waals surface area (Å²) in [7, 11) is 1.44. The summed E-state index contributed by atoms with van der Waals surface area (Å²) in [6.45, 7) is 1.29. The highest BCUT2D eigenvalue weighted by atomic mass is 79.9. The average Bonchev–Trinajstić information content (AvgIpc) is 3.02. The molecular formula is C21H14BrCl2NO5. The molecule has 30 heavy (non-hydrogen) atoms. The largest absolute Gasteiger partial charge is 0.493 e. The van der Waals surface area contributed by atoms with Gasteiger partial charge in [0.15, 0.2) is 17.2 Å². The zero-order valence-electron chi connectivity index (χ0n) is 15.7. The molecule has 0 bridgehead atoms. The van der Waals surface area contributed by atoms with E-state index in [0.717, 1.165) is 0 Å². The second kappa shape index (κ2) is 9.47. The highest BCUT2D eigenvalue weighted by Crippen LogP contribution is 2.37. The summed E-state index contributed by atoms with van der Waals surface area (Å²) in [4.78, 5) is 27.6. The Hall–Kier alpha value is -2.61. The molecule has 154 valence electrons. The van der Waals surface area contributed by atoms with Crippen LogP contribution in [-0.2, 0) is 14.3 Å². The number of cyclic esters (lactones) is 1. The van der Waals surface area contributed by atoms with Gasteiger partial charge in [-0.15, -0.1) is 0 Å². The number of nitrogens with zero attached hydrogens (tertiary/aromatic N) is 1. The summed E-state index contributed by atoms with van der Waals surface area (Å²) in [5, 5.41) is 0.984. The van der Waals surface area contributed by atoms with Crippen LogP contribution in [0.3, 0.4) is 0 Å². The Morgan fingerprint density at radius 3 is 2.63 bits per heavy atom. The number of esters is 2. The number of benzene rings is 2. The maximum absolute atomic E-state index is 12.2. The predicted molar refractivity (Wildman–Crippen MR) is 119 cm³/mol. The molecule has 0 N–H and O–H groups in total. The van der Waals surface area contributed by atoms with Crippen molar-refractivity contribution in [2.45, 2.75) is 6.92 Å². The molecule has 2 aromatic rings. The molecule has 0 amide bonds. The second-order valence-corrected chi connectivity index (χ2v) is 7.69. The first kappa shape index (κ1) is 22.1. The lowest BCUT2D eigenvalue weighted by atomic mass is 10.1. The molecule has 6 nitrogen and oxygen atoms in total. The van der Waals surface area contributed by atoms with Crippen molar-refractivity contribution in [2.24, 2.45) is 4.99 Å². The van der Waals surface area contributed by atoms with E-state index in [0.29, 0.717) is 31.4 Å². The first-order chi connectivity index (χ1) is 14.3. The third-order valence-electron chi connectivity index (χ3n) is 3.81. The standard InChI is InChI=1S/C21H14BrCl2NO5/c1-11(26)29-20-15(22)7-12(9-18(20)28-2)8-17-21(27)30-19(25-17)6-4-13-3-5-14(23)10-16(13)24/h3-10H,1-2H3. The van der Waals surface area contributed by atoms with Crippen LogP contribution in [0.25, 0.3) is 12.2 Å². The van der Waals surface area contributed by atoms with Crippen LogP contribution in [-0.4, -0.2) is 24.9 Å². The Morgan fingerprint density at radius 2 is 1.97 bits per heavy atom. The molecule has 0 unspecified atom stereocenters. The van der Waals surface area contributed by atoms with Gasteiger partial charge in [0, 0.05) is 23.0 Å². The predicted octanol–water partition coefficient (Wildman–Crippen LogP) is 5.70. The van der Waals surface area contributed by atoms with Crippen LogP contribution in [0.4, 0.5) is 0 Å². The summed E-state index contributed by atoms with van der Waals surface area (Å²) in [5.74, 6) is -0.399. The highest BCUT2D eigenvalue weighted by molar-refractivity contribution is 9.10. The van der Waals surface area contributed by atoms with Crippen molar-refractivity contribution in [1.82, 2.24) is 0 Å². The molecule has 1 aliphatic heterocycles. The maximum atomic E-state index is 12.2. The number of carbonyl (C=O) groups is 2. The molecule has 9 heteroatoms. The maximum Gasteiger partial charge on any atom is 0.363 e. The Labute approximate surface area is 190 Å². The number of halogens is 3. The molecule has 0 radical (unpaired) electrons. The number of methoxy groups -OCH3 is 1. The molecule has 0 saturated carbocycles. The van der Waals surface area contributed by atoms with Crippen molar-refractivity contribution in [2.75, 3.05) is 7.11 Å². The fraction of sp³-hybridized carbons (Fsp3) is 0.0952. The highest BCUT2D eigenvalue weighted by Gasteiger charge is 2.22. The zero-order chi connectivity index (χ0) is 21.8. The first-order valence-corrected chi connectivity index (χ1v) is 10.0. The monoisotopic (exact) mass is 509 g/mol. The summed E-state index contributed by atoms with van der Waals surface area (Å²) in [6, 6.07) is 8.33. The van der Waals surface area contributed by atoms with Gasteiger partial charge in [0.05, 0.1) is 11.6 Å². The molecule has 0 fully saturated rings. The first-order valence-electron chi connectivity index (χ1n) is 8.48. The van der Waals surface area contributed by atoms with Gasteiger partial charge in [-0.3, -0.25) is 4.79 Å². The van der Waals surface area contributed by atoms with Crippen molar-refractivity contribution in [3.05, 3.63) is 67.7 Å². The lowest BCUT2D eigenvalue weighted by Crippen LogP contribution is -2.04. The summed E-state index contributed by atoms with van der Waals surface area (Å²) in [5.41, 5.74) is 1.40. The van der Waals surface area contributed by atoms with Crippen LogP contribution < -0.4 is 9.47 Å². The molecular weight excluding hydrogens is 497 g/mol. The van der Waals surface area contributed by atoms with Gasteiger partial charge in [-0.1, -0.05) is 29.3 Å². The molecule has 0 spiro atoms. The third-order valence-corrected chi connectivity index (χ3v) is 4.96. The van der Waals surface area contributed by atoms with E-state index in [1.165, 1.54) is 26.2 Å². The van der Waals surface area contributed by atoms with Gasteiger partial charge in [0.25, 0.3) is 0 Å². The molecule has 1 heterocycles. The number of ether oxygens (including phenoxy) is 3. The van der Waals surface area contributed by atoms with Crippen LogP contribution in [0.5, 0.6) is 11.5 Å². The van der Waals surface area contributed by atoms with E-state index in [1.54, 1.807) is 36.4 Å². The Balaban J connectivity index is 1.87. The number of rotatable bonds is 5. The topological polar surface area (TPSA) is 74.2 Å². The van der Waals surface area contributed by atoms with E-state index < -0.39 is 11.9 Å². The van der Waals surface area contributed by atoms with Crippen molar-refractivity contribution in [3.63, 3.8) is 0 Å². The number of hydrogen-bond acceptors (Lipinski definition) is 6. The molecule has 2 aromatic carbocycles. The minimum Gasteiger partial charge on any atom is -0.493 e. The van der Waals surface area contributed by atoms with E-state index in [9.17, 15) is 9.59 Å². The summed E-state index contributed by atoms with van der Waals surface area (Å²) < 4.78 is 16.1. The Morgan fingerprint density at radius 1 is 1.20 bits per heavy atom. The molecule has 3 rings (SSSR count). The molecule has 1 aliphatic rings. The number of hydrogen-bond donors (Lipinski definition) is 0. The minimum absolute atomic E-state index is 0.103. The van der Waals surface area contributed by atoms with E-state index in [4.69, 9.17) is 37.4 Å². The van der Waals surface area contributed by atoms with Crippen LogP contribution in [0.2, 0.25) is 10.0 Å². The van der Waals surface area contributed by atoms with E-state index >= 15 is 0 Å². The normalized spacial score (nSPS) is 14.8. The van der Waals surface area contributed by atoms with Crippen LogP contribution >= 0.6 is 39.1 Å². The van der Waals surface area contributed by atoms with Gasteiger partial charge >= 0.3 is 11.9 Å². The lowest BCUT2D eigenvalue weighted by Gasteiger charge is -2.11. The van der Waals surface area contributed by atoms with Gasteiger partial charge in [-0.2, -0.15) is 0 Å². The minimum atomic E-state index is -0.601. The van der Waals surface area contributed by atoms with Crippen molar-refractivity contribution in [1.29, 1.82) is 0 Å². The quantitative estimate of drug-likeness (QED) is 0.293.